The van der Waals surface area contributed by atoms with E-state index >= 15 is 0 Å². The zero-order chi connectivity index (χ0) is 24.4. The minimum Gasteiger partial charge on any atom is -0.371 e. The number of hydrogen-bond acceptors (Lipinski definition) is 7. The van der Waals surface area contributed by atoms with Crippen molar-refractivity contribution in [1.29, 1.82) is 5.26 Å². The van der Waals surface area contributed by atoms with Gasteiger partial charge < -0.3 is 10.6 Å². The number of aromatic amines is 1. The summed E-state index contributed by atoms with van der Waals surface area (Å²) in [6, 6.07) is 12.2. The minimum absolute atomic E-state index is 0.238. The van der Waals surface area contributed by atoms with Gasteiger partial charge in [0, 0.05) is 28.9 Å². The van der Waals surface area contributed by atoms with Crippen molar-refractivity contribution < 1.29 is 8.78 Å². The highest BCUT2D eigenvalue weighted by molar-refractivity contribution is 6.32. The molecule has 0 unspecified atom stereocenters. The predicted octanol–water partition coefficient (Wildman–Crippen LogP) is 5.50. The summed E-state index contributed by atoms with van der Waals surface area (Å²) in [5, 5.41) is 27.6. The van der Waals surface area contributed by atoms with E-state index in [4.69, 9.17) is 11.6 Å². The summed E-state index contributed by atoms with van der Waals surface area (Å²) in [5.74, 6) is -0.892. The number of pyridine rings is 2. The van der Waals surface area contributed by atoms with E-state index in [1.54, 1.807) is 30.5 Å². The third kappa shape index (κ3) is 4.58. The molecular formula is C24H15ClF2N8. The molecule has 3 aromatic heterocycles. The number of H-pyrrole nitrogens is 1. The van der Waals surface area contributed by atoms with E-state index in [9.17, 15) is 14.0 Å². The summed E-state index contributed by atoms with van der Waals surface area (Å²) in [5.41, 5.74) is 3.31. The van der Waals surface area contributed by atoms with Gasteiger partial charge in [0.05, 0.1) is 46.6 Å². The van der Waals surface area contributed by atoms with Crippen molar-refractivity contribution in [3.05, 3.63) is 101 Å². The van der Waals surface area contributed by atoms with E-state index < -0.39 is 11.9 Å². The number of anilines is 3. The molecule has 1 atom stereocenters. The molecule has 0 fully saturated rings. The second-order valence-corrected chi connectivity index (χ2v) is 7.99. The zero-order valence-corrected chi connectivity index (χ0v) is 18.6. The first-order valence-electron chi connectivity index (χ1n) is 10.3. The van der Waals surface area contributed by atoms with Crippen molar-refractivity contribution in [2.45, 2.75) is 6.04 Å². The third-order valence-corrected chi connectivity index (χ3v) is 5.48. The van der Waals surface area contributed by atoms with Crippen LogP contribution >= 0.6 is 11.6 Å². The molecule has 0 radical (unpaired) electrons. The van der Waals surface area contributed by atoms with Crippen LogP contribution in [-0.4, -0.2) is 25.4 Å². The first-order valence-corrected chi connectivity index (χ1v) is 10.7. The van der Waals surface area contributed by atoms with Gasteiger partial charge in [-0.1, -0.05) is 28.9 Å². The van der Waals surface area contributed by atoms with Crippen LogP contribution in [0.25, 0.3) is 10.9 Å². The molecule has 8 nitrogen and oxygen atoms in total. The average molecular weight is 489 g/mol. The molecule has 3 heterocycles. The fourth-order valence-corrected chi connectivity index (χ4v) is 3.93. The Balaban J connectivity index is 1.64. The maximum atomic E-state index is 13.7. The Morgan fingerprint density at radius 3 is 2.57 bits per heavy atom. The highest BCUT2D eigenvalue weighted by Crippen LogP contribution is 2.37. The Morgan fingerprint density at radius 1 is 1.03 bits per heavy atom. The Morgan fingerprint density at radius 2 is 1.86 bits per heavy atom. The number of fused-ring (bicyclic) bond motifs is 1. The van der Waals surface area contributed by atoms with Crippen LogP contribution < -0.4 is 10.6 Å². The SMILES string of the molecule is N#Cc1cnc2c(N[C@@H](c3ccc(F)cc3)c3c[nH]nn3)cc(Cl)cc2c1Nc1cncc(F)c1. The van der Waals surface area contributed by atoms with Crippen LogP contribution in [0.1, 0.15) is 22.9 Å². The standard InChI is InChI=1S/C24H15ClF2N8/c25-15-5-19-22(32-18-7-17(27)10-29-11-18)14(8-28)9-30-24(19)20(6-15)33-23(21-12-31-35-34-21)13-1-3-16(26)4-2-13/h1-7,9-12,23,33H,(H,30,32)(H,31,34,35)/t23-/m0/s1. The molecular weight excluding hydrogens is 474 g/mol. The molecule has 0 aliphatic carbocycles. The second kappa shape index (κ2) is 9.32. The van der Waals surface area contributed by atoms with Gasteiger partial charge in [-0.05, 0) is 29.8 Å². The maximum absolute atomic E-state index is 13.7. The zero-order valence-electron chi connectivity index (χ0n) is 17.8. The summed E-state index contributed by atoms with van der Waals surface area (Å²) >= 11 is 6.46. The normalized spacial score (nSPS) is 11.7. The molecule has 172 valence electrons. The molecule has 0 saturated heterocycles. The van der Waals surface area contributed by atoms with Gasteiger partial charge in [-0.15, -0.1) is 5.10 Å². The third-order valence-electron chi connectivity index (χ3n) is 5.27. The lowest BCUT2D eigenvalue weighted by Gasteiger charge is -2.20. The summed E-state index contributed by atoms with van der Waals surface area (Å²) in [4.78, 5) is 8.32. The quantitative estimate of drug-likeness (QED) is 0.289. The van der Waals surface area contributed by atoms with Crippen molar-refractivity contribution in [2.24, 2.45) is 0 Å². The van der Waals surface area contributed by atoms with E-state index in [0.29, 0.717) is 38.7 Å². The largest absolute Gasteiger partial charge is 0.371 e. The molecule has 5 rings (SSSR count). The molecule has 0 saturated carbocycles. The molecule has 11 heteroatoms. The van der Waals surface area contributed by atoms with Gasteiger partial charge in [-0.2, -0.15) is 5.26 Å². The summed E-state index contributed by atoms with van der Waals surface area (Å²) in [7, 11) is 0. The van der Waals surface area contributed by atoms with E-state index in [1.165, 1.54) is 30.6 Å². The van der Waals surface area contributed by atoms with Crippen LogP contribution in [0.3, 0.4) is 0 Å². The number of nitrogens with zero attached hydrogens (tertiary/aromatic N) is 5. The molecule has 2 aromatic carbocycles. The fourth-order valence-electron chi connectivity index (χ4n) is 3.71. The molecule has 3 N–H and O–H groups in total. The number of benzene rings is 2. The van der Waals surface area contributed by atoms with Crippen molar-refractivity contribution >= 4 is 39.6 Å². The number of halogens is 3. The van der Waals surface area contributed by atoms with E-state index in [2.05, 4.69) is 42.1 Å². The van der Waals surface area contributed by atoms with E-state index in [-0.39, 0.29) is 11.4 Å². The summed E-state index contributed by atoms with van der Waals surface area (Å²) in [6.07, 6.45) is 5.56. The highest BCUT2D eigenvalue weighted by Gasteiger charge is 2.20. The summed E-state index contributed by atoms with van der Waals surface area (Å²) < 4.78 is 27.3. The van der Waals surface area contributed by atoms with Gasteiger partial charge in [0.1, 0.15) is 23.4 Å². The number of nitriles is 1. The van der Waals surface area contributed by atoms with Crippen molar-refractivity contribution in [1.82, 2.24) is 25.4 Å². The van der Waals surface area contributed by atoms with Crippen LogP contribution in [0, 0.1) is 23.0 Å². The van der Waals surface area contributed by atoms with Crippen LogP contribution in [-0.2, 0) is 0 Å². The van der Waals surface area contributed by atoms with Gasteiger partial charge in [0.15, 0.2) is 0 Å². The number of nitrogens with one attached hydrogen (secondary N) is 3. The van der Waals surface area contributed by atoms with E-state index in [1.807, 2.05) is 0 Å². The molecule has 0 aliphatic heterocycles. The average Bonchev–Trinajstić information content (AvgIpc) is 3.38. The van der Waals surface area contributed by atoms with Crippen molar-refractivity contribution in [3.63, 3.8) is 0 Å². The van der Waals surface area contributed by atoms with Crippen molar-refractivity contribution in [3.8, 4) is 6.07 Å². The Labute approximate surface area is 202 Å². The number of rotatable bonds is 6. The highest BCUT2D eigenvalue weighted by atomic mass is 35.5. The lowest BCUT2D eigenvalue weighted by molar-refractivity contribution is 0.622. The van der Waals surface area contributed by atoms with Gasteiger partial charge in [-0.25, -0.2) is 8.78 Å². The first-order chi connectivity index (χ1) is 17.0. The molecule has 0 spiro atoms. The van der Waals surface area contributed by atoms with Crippen molar-refractivity contribution in [2.75, 3.05) is 10.6 Å². The van der Waals surface area contributed by atoms with Crippen LogP contribution in [0.5, 0.6) is 0 Å². The lowest BCUT2D eigenvalue weighted by Crippen LogP contribution is -2.14. The smallest absolute Gasteiger partial charge is 0.143 e. The Kier molecular flexibility index (Phi) is 5.91. The predicted molar refractivity (Wildman–Crippen MR) is 127 cm³/mol. The summed E-state index contributed by atoms with van der Waals surface area (Å²) in [6.45, 7) is 0. The van der Waals surface area contributed by atoms with Crippen LogP contribution in [0.4, 0.5) is 25.8 Å². The van der Waals surface area contributed by atoms with Gasteiger partial charge in [0.25, 0.3) is 0 Å². The second-order valence-electron chi connectivity index (χ2n) is 7.55. The molecule has 35 heavy (non-hydrogen) atoms. The lowest BCUT2D eigenvalue weighted by atomic mass is 10.0. The maximum Gasteiger partial charge on any atom is 0.143 e. The molecule has 0 amide bonds. The van der Waals surface area contributed by atoms with E-state index in [0.717, 1.165) is 11.8 Å². The van der Waals surface area contributed by atoms with Gasteiger partial charge >= 0.3 is 0 Å². The topological polar surface area (TPSA) is 115 Å². The molecule has 0 aliphatic rings. The monoisotopic (exact) mass is 488 g/mol. The molecule has 5 aromatic rings. The van der Waals surface area contributed by atoms with Gasteiger partial charge in [0.2, 0.25) is 0 Å². The number of hydrogen-bond donors (Lipinski definition) is 3. The van der Waals surface area contributed by atoms with Crippen LogP contribution in [0.2, 0.25) is 5.02 Å². The molecule has 0 bridgehead atoms. The Bertz CT molecular complexity index is 1550. The first kappa shape index (κ1) is 22.2. The number of aromatic nitrogens is 5. The minimum atomic E-state index is -0.526. The van der Waals surface area contributed by atoms with Crippen LogP contribution in [0.15, 0.2) is 67.3 Å². The van der Waals surface area contributed by atoms with Gasteiger partial charge in [-0.3, -0.25) is 15.1 Å². The fraction of sp³-hybridized carbons (Fsp3) is 0.0417. The Hall–Kier alpha value is -4.62.